The summed E-state index contributed by atoms with van der Waals surface area (Å²) in [6.07, 6.45) is 5.63. The minimum absolute atomic E-state index is 0.0601. The number of carbonyl (C=O) groups is 1. The van der Waals surface area contributed by atoms with Gasteiger partial charge >= 0.3 is 0 Å². The second-order valence-corrected chi connectivity index (χ2v) is 9.09. The van der Waals surface area contributed by atoms with Gasteiger partial charge in [-0.1, -0.05) is 0 Å². The standard InChI is InChI=1S/C24H26FN7O3/c1-26-21-8-18(15-10-31(19-12-35-11-16(19)25)22-13(15)4-3-7-27-22)29-23-14(9-28-32(21)23)24(34)30-17-5-2-6-20(17)33/h3-4,7-10,16-17,19-20,26,33H,2,5-6,11-12H2,1H3,(H,30,34)/t16-,17-,19+,20+/m0/s1. The third-order valence-electron chi connectivity index (χ3n) is 6.97. The monoisotopic (exact) mass is 479 g/mol. The van der Waals surface area contributed by atoms with E-state index >= 15 is 0 Å². The molecule has 2 aliphatic rings. The van der Waals surface area contributed by atoms with E-state index in [9.17, 15) is 14.3 Å². The molecule has 4 aromatic rings. The summed E-state index contributed by atoms with van der Waals surface area (Å²) >= 11 is 0. The Hall–Kier alpha value is -3.57. The number of aromatic nitrogens is 5. The van der Waals surface area contributed by atoms with Crippen LogP contribution in [0.4, 0.5) is 10.2 Å². The van der Waals surface area contributed by atoms with Crippen molar-refractivity contribution in [3.05, 3.63) is 42.4 Å². The Labute approximate surface area is 200 Å². The van der Waals surface area contributed by atoms with Gasteiger partial charge in [0, 0.05) is 36.5 Å². The first-order chi connectivity index (χ1) is 17.0. The van der Waals surface area contributed by atoms with E-state index in [1.165, 1.54) is 6.20 Å². The lowest BCUT2D eigenvalue weighted by molar-refractivity contribution is 0.0874. The van der Waals surface area contributed by atoms with Crippen molar-refractivity contribution in [3.63, 3.8) is 0 Å². The summed E-state index contributed by atoms with van der Waals surface area (Å²) < 4.78 is 23.3. The zero-order valence-electron chi connectivity index (χ0n) is 19.2. The smallest absolute Gasteiger partial charge is 0.257 e. The molecule has 6 rings (SSSR count). The van der Waals surface area contributed by atoms with Gasteiger partial charge in [0.2, 0.25) is 0 Å². The Morgan fingerprint density at radius 3 is 2.91 bits per heavy atom. The van der Waals surface area contributed by atoms with E-state index < -0.39 is 18.3 Å². The molecule has 4 aromatic heterocycles. The number of halogens is 1. The molecule has 2 fully saturated rings. The summed E-state index contributed by atoms with van der Waals surface area (Å²) in [6, 6.07) is 4.84. The summed E-state index contributed by atoms with van der Waals surface area (Å²) in [7, 11) is 1.77. The van der Waals surface area contributed by atoms with Crippen LogP contribution in [0, 0.1) is 0 Å². The molecule has 0 bridgehead atoms. The van der Waals surface area contributed by atoms with Crippen molar-refractivity contribution in [2.75, 3.05) is 25.6 Å². The molecule has 1 aliphatic carbocycles. The van der Waals surface area contributed by atoms with Crippen LogP contribution in [-0.4, -0.2) is 73.7 Å². The highest BCUT2D eigenvalue weighted by atomic mass is 19.1. The van der Waals surface area contributed by atoms with Crippen molar-refractivity contribution < 1.29 is 19.0 Å². The molecular formula is C24H26FN7O3. The number of hydrogen-bond donors (Lipinski definition) is 3. The first-order valence-corrected chi connectivity index (χ1v) is 11.8. The van der Waals surface area contributed by atoms with Crippen molar-refractivity contribution in [2.24, 2.45) is 0 Å². The number of aliphatic hydroxyl groups is 1. The lowest BCUT2D eigenvalue weighted by Crippen LogP contribution is -2.39. The zero-order valence-corrected chi connectivity index (χ0v) is 19.2. The average molecular weight is 480 g/mol. The Morgan fingerprint density at radius 2 is 2.17 bits per heavy atom. The highest BCUT2D eigenvalue weighted by Gasteiger charge is 2.32. The number of ether oxygens (including phenoxy) is 1. The molecule has 5 heterocycles. The normalized spacial score (nSPS) is 24.4. The molecule has 0 unspecified atom stereocenters. The maximum Gasteiger partial charge on any atom is 0.257 e. The van der Waals surface area contributed by atoms with E-state index in [0.717, 1.165) is 23.8 Å². The Kier molecular flexibility index (Phi) is 5.37. The van der Waals surface area contributed by atoms with Gasteiger partial charge in [-0.15, -0.1) is 0 Å². The molecule has 0 radical (unpaired) electrons. The van der Waals surface area contributed by atoms with Crippen LogP contribution >= 0.6 is 0 Å². The van der Waals surface area contributed by atoms with Crippen LogP contribution in [0.1, 0.15) is 35.7 Å². The maximum absolute atomic E-state index is 14.6. The molecule has 0 aromatic carbocycles. The van der Waals surface area contributed by atoms with Crippen molar-refractivity contribution in [2.45, 2.75) is 43.6 Å². The number of carbonyl (C=O) groups excluding carboxylic acids is 1. The quantitative estimate of drug-likeness (QED) is 0.402. The van der Waals surface area contributed by atoms with Crippen molar-refractivity contribution in [3.8, 4) is 11.3 Å². The number of alkyl halides is 1. The molecular weight excluding hydrogens is 453 g/mol. The van der Waals surface area contributed by atoms with E-state index in [0.29, 0.717) is 34.8 Å². The first-order valence-electron chi connectivity index (χ1n) is 11.8. The Balaban J connectivity index is 1.47. The van der Waals surface area contributed by atoms with Crippen LogP contribution in [-0.2, 0) is 4.74 Å². The molecule has 182 valence electrons. The fourth-order valence-corrected chi connectivity index (χ4v) is 5.11. The average Bonchev–Trinajstić information content (AvgIpc) is 3.65. The van der Waals surface area contributed by atoms with E-state index in [2.05, 4.69) is 20.7 Å². The van der Waals surface area contributed by atoms with Crippen molar-refractivity contribution in [1.82, 2.24) is 29.5 Å². The molecule has 1 saturated carbocycles. The number of hydrogen-bond acceptors (Lipinski definition) is 7. The highest BCUT2D eigenvalue weighted by molar-refractivity contribution is 6.01. The van der Waals surface area contributed by atoms with E-state index in [-0.39, 0.29) is 25.2 Å². The predicted molar refractivity (Wildman–Crippen MR) is 127 cm³/mol. The van der Waals surface area contributed by atoms with Crippen LogP contribution in [0.5, 0.6) is 0 Å². The molecule has 11 heteroatoms. The van der Waals surface area contributed by atoms with Crippen molar-refractivity contribution in [1.29, 1.82) is 0 Å². The van der Waals surface area contributed by atoms with E-state index in [4.69, 9.17) is 9.72 Å². The van der Waals surface area contributed by atoms with Gasteiger partial charge in [-0.25, -0.2) is 14.4 Å². The number of rotatable bonds is 5. The molecule has 10 nitrogen and oxygen atoms in total. The largest absolute Gasteiger partial charge is 0.391 e. The third-order valence-corrected chi connectivity index (χ3v) is 6.97. The first kappa shape index (κ1) is 21.9. The van der Waals surface area contributed by atoms with Gasteiger partial charge in [0.1, 0.15) is 23.2 Å². The number of nitrogens with one attached hydrogen (secondary N) is 2. The maximum atomic E-state index is 14.6. The van der Waals surface area contributed by atoms with Crippen LogP contribution in [0.2, 0.25) is 0 Å². The molecule has 35 heavy (non-hydrogen) atoms. The minimum Gasteiger partial charge on any atom is -0.391 e. The topological polar surface area (TPSA) is 119 Å². The van der Waals surface area contributed by atoms with Gasteiger partial charge in [-0.3, -0.25) is 4.79 Å². The molecule has 1 saturated heterocycles. The van der Waals surface area contributed by atoms with Gasteiger partial charge in [0.05, 0.1) is 43.3 Å². The number of aliphatic hydroxyl groups excluding tert-OH is 1. The number of amides is 1. The second-order valence-electron chi connectivity index (χ2n) is 9.09. The van der Waals surface area contributed by atoms with Gasteiger partial charge < -0.3 is 25.0 Å². The summed E-state index contributed by atoms with van der Waals surface area (Å²) in [4.78, 5) is 22.4. The summed E-state index contributed by atoms with van der Waals surface area (Å²) in [5, 5.41) is 21.4. The number of nitrogens with zero attached hydrogens (tertiary/aromatic N) is 5. The van der Waals surface area contributed by atoms with Crippen LogP contribution in [0.25, 0.3) is 27.9 Å². The van der Waals surface area contributed by atoms with Gasteiger partial charge in [0.15, 0.2) is 5.65 Å². The molecule has 0 spiro atoms. The highest BCUT2D eigenvalue weighted by Crippen LogP contribution is 2.35. The summed E-state index contributed by atoms with van der Waals surface area (Å²) in [5.41, 5.74) is 2.72. The minimum atomic E-state index is -1.13. The van der Waals surface area contributed by atoms with Gasteiger partial charge in [0.25, 0.3) is 5.91 Å². The lowest BCUT2D eigenvalue weighted by Gasteiger charge is -2.16. The number of pyridine rings is 1. The molecule has 1 amide bonds. The third kappa shape index (κ3) is 3.62. The molecule has 3 N–H and O–H groups in total. The lowest BCUT2D eigenvalue weighted by atomic mass is 10.1. The van der Waals surface area contributed by atoms with Crippen molar-refractivity contribution >= 4 is 28.4 Å². The summed E-state index contributed by atoms with van der Waals surface area (Å²) in [5.74, 6) is 0.312. The van der Waals surface area contributed by atoms with E-state index in [1.54, 1.807) is 17.8 Å². The Bertz CT molecular complexity index is 1420. The molecule has 4 atom stereocenters. The zero-order chi connectivity index (χ0) is 24.1. The number of fused-ring (bicyclic) bond motifs is 2. The Morgan fingerprint density at radius 1 is 1.29 bits per heavy atom. The van der Waals surface area contributed by atoms with Crippen LogP contribution in [0.15, 0.2) is 36.8 Å². The van der Waals surface area contributed by atoms with Crippen LogP contribution in [0.3, 0.4) is 0 Å². The predicted octanol–water partition coefficient (Wildman–Crippen LogP) is 2.34. The van der Waals surface area contributed by atoms with Crippen LogP contribution < -0.4 is 10.6 Å². The fourth-order valence-electron chi connectivity index (χ4n) is 5.11. The SMILES string of the molecule is CNc1cc(-c2cn([C@@H]3COC[C@@H]3F)c3ncccc23)nc2c(C(=O)N[C@H]3CCC[C@H]3O)cnn12. The summed E-state index contributed by atoms with van der Waals surface area (Å²) in [6.45, 7) is 0.333. The molecule has 1 aliphatic heterocycles. The second kappa shape index (κ2) is 8.58. The van der Waals surface area contributed by atoms with Gasteiger partial charge in [-0.2, -0.15) is 9.61 Å². The van der Waals surface area contributed by atoms with E-state index in [1.807, 2.05) is 29.0 Å². The fraction of sp³-hybridized carbons (Fsp3) is 0.417. The number of anilines is 1. The van der Waals surface area contributed by atoms with Gasteiger partial charge in [-0.05, 0) is 31.4 Å².